The van der Waals surface area contributed by atoms with Crippen molar-refractivity contribution >= 4 is 27.3 Å². The molecule has 0 bridgehead atoms. The highest BCUT2D eigenvalue weighted by Gasteiger charge is 2.21. The molecule has 0 fully saturated rings. The zero-order valence-electron chi connectivity index (χ0n) is 9.17. The third-order valence-corrected chi connectivity index (χ3v) is 4.50. The lowest BCUT2D eigenvalue weighted by molar-refractivity contribution is 0.321. The molecule has 1 aromatic heterocycles. The largest absolute Gasteiger partial charge is 0.312 e. The van der Waals surface area contributed by atoms with Crippen LogP contribution in [-0.2, 0) is 0 Å². The van der Waals surface area contributed by atoms with Gasteiger partial charge in [0.1, 0.15) is 0 Å². The second-order valence-electron chi connectivity index (χ2n) is 4.01. The van der Waals surface area contributed by atoms with E-state index in [9.17, 15) is 0 Å². The van der Waals surface area contributed by atoms with Crippen LogP contribution in [0.1, 0.15) is 31.7 Å². The smallest absolute Gasteiger partial charge is 0.0701 e. The number of nitrogens with one attached hydrogen (secondary N) is 1. The van der Waals surface area contributed by atoms with Gasteiger partial charge in [0.25, 0.3) is 0 Å². The van der Waals surface area contributed by atoms with Gasteiger partial charge in [-0.3, -0.25) is 0 Å². The van der Waals surface area contributed by atoms with E-state index in [4.69, 9.17) is 0 Å². The Balaban J connectivity index is 2.81. The Labute approximate surface area is 99.0 Å². The summed E-state index contributed by atoms with van der Waals surface area (Å²) in [6.07, 6.45) is 0. The van der Waals surface area contributed by atoms with Crippen LogP contribution in [0.5, 0.6) is 0 Å². The van der Waals surface area contributed by atoms with E-state index in [1.807, 2.05) is 18.4 Å². The quantitative estimate of drug-likeness (QED) is 0.874. The van der Waals surface area contributed by atoms with E-state index in [1.54, 1.807) is 0 Å². The van der Waals surface area contributed by atoms with Crippen LogP contribution in [0.3, 0.4) is 0 Å². The Kier molecular flexibility index (Phi) is 4.61. The van der Waals surface area contributed by atoms with Crippen molar-refractivity contribution in [2.75, 3.05) is 7.05 Å². The van der Waals surface area contributed by atoms with Gasteiger partial charge in [-0.25, -0.2) is 0 Å². The van der Waals surface area contributed by atoms with Gasteiger partial charge in [-0.15, -0.1) is 11.3 Å². The molecule has 0 aromatic carbocycles. The van der Waals surface area contributed by atoms with Crippen LogP contribution in [0, 0.1) is 11.8 Å². The van der Waals surface area contributed by atoms with E-state index in [1.165, 1.54) is 8.66 Å². The highest BCUT2D eigenvalue weighted by atomic mass is 79.9. The van der Waals surface area contributed by atoms with Crippen LogP contribution in [0.4, 0.5) is 0 Å². The maximum absolute atomic E-state index is 3.51. The molecular weight excluding hydrogens is 258 g/mol. The Morgan fingerprint density at radius 2 is 1.93 bits per heavy atom. The molecule has 1 rings (SSSR count). The fourth-order valence-electron chi connectivity index (χ4n) is 1.54. The minimum atomic E-state index is 0.478. The van der Waals surface area contributed by atoms with E-state index in [2.05, 4.69) is 54.2 Å². The summed E-state index contributed by atoms with van der Waals surface area (Å²) in [5.41, 5.74) is 0. The summed E-state index contributed by atoms with van der Waals surface area (Å²) in [7, 11) is 2.04. The molecule has 0 spiro atoms. The van der Waals surface area contributed by atoms with Crippen molar-refractivity contribution in [2.45, 2.75) is 26.8 Å². The van der Waals surface area contributed by atoms with Gasteiger partial charge >= 0.3 is 0 Å². The molecule has 0 aliphatic rings. The first-order valence-corrected chi connectivity index (χ1v) is 6.59. The fourth-order valence-corrected chi connectivity index (χ4v) is 3.19. The molecule has 2 unspecified atom stereocenters. The van der Waals surface area contributed by atoms with E-state index in [0.29, 0.717) is 17.9 Å². The molecule has 1 N–H and O–H groups in total. The molecule has 0 saturated heterocycles. The van der Waals surface area contributed by atoms with Crippen LogP contribution < -0.4 is 5.32 Å². The molecule has 0 radical (unpaired) electrons. The summed E-state index contributed by atoms with van der Waals surface area (Å²) in [6, 6.07) is 4.80. The van der Waals surface area contributed by atoms with Crippen molar-refractivity contribution in [2.24, 2.45) is 11.8 Å². The fraction of sp³-hybridized carbons (Fsp3) is 0.636. The van der Waals surface area contributed by atoms with Crippen molar-refractivity contribution in [3.63, 3.8) is 0 Å². The summed E-state index contributed by atoms with van der Waals surface area (Å²) in [4.78, 5) is 1.42. The molecule has 0 amide bonds. The van der Waals surface area contributed by atoms with Gasteiger partial charge in [-0.05, 0) is 46.9 Å². The second-order valence-corrected chi connectivity index (χ2v) is 6.51. The van der Waals surface area contributed by atoms with Gasteiger partial charge in [0.2, 0.25) is 0 Å². The average Bonchev–Trinajstić information content (AvgIpc) is 2.53. The van der Waals surface area contributed by atoms with Gasteiger partial charge in [0.15, 0.2) is 0 Å². The van der Waals surface area contributed by atoms with Crippen LogP contribution in [0.15, 0.2) is 15.9 Å². The van der Waals surface area contributed by atoms with Crippen molar-refractivity contribution in [3.8, 4) is 0 Å². The number of hydrogen-bond acceptors (Lipinski definition) is 2. The predicted octanol–water partition coefficient (Wildman–Crippen LogP) is 4.06. The summed E-state index contributed by atoms with van der Waals surface area (Å²) in [5, 5.41) is 3.40. The predicted molar refractivity (Wildman–Crippen MR) is 67.8 cm³/mol. The Bertz CT molecular complexity index is 283. The van der Waals surface area contributed by atoms with Crippen LogP contribution in [0.25, 0.3) is 0 Å². The summed E-state index contributed by atoms with van der Waals surface area (Å²) >= 11 is 5.33. The topological polar surface area (TPSA) is 12.0 Å². The normalized spacial score (nSPS) is 15.9. The van der Waals surface area contributed by atoms with Gasteiger partial charge in [-0.1, -0.05) is 20.8 Å². The zero-order chi connectivity index (χ0) is 10.7. The molecule has 0 aliphatic carbocycles. The Morgan fingerprint density at radius 1 is 1.29 bits per heavy atom. The number of thiophene rings is 1. The van der Waals surface area contributed by atoms with Gasteiger partial charge in [0.05, 0.1) is 3.79 Å². The van der Waals surface area contributed by atoms with E-state index in [0.717, 1.165) is 0 Å². The second kappa shape index (κ2) is 5.29. The molecule has 2 atom stereocenters. The molecule has 80 valence electrons. The lowest BCUT2D eigenvalue weighted by atomic mass is 9.89. The minimum absolute atomic E-state index is 0.478. The first-order valence-electron chi connectivity index (χ1n) is 4.98. The van der Waals surface area contributed by atoms with Crippen molar-refractivity contribution in [1.82, 2.24) is 5.32 Å². The third kappa shape index (κ3) is 2.81. The van der Waals surface area contributed by atoms with Crippen LogP contribution in [0.2, 0.25) is 0 Å². The lowest BCUT2D eigenvalue weighted by Gasteiger charge is -2.25. The lowest BCUT2D eigenvalue weighted by Crippen LogP contribution is -2.25. The first kappa shape index (κ1) is 12.2. The molecule has 0 aliphatic heterocycles. The zero-order valence-corrected chi connectivity index (χ0v) is 11.6. The maximum Gasteiger partial charge on any atom is 0.0701 e. The van der Waals surface area contributed by atoms with E-state index >= 15 is 0 Å². The monoisotopic (exact) mass is 275 g/mol. The van der Waals surface area contributed by atoms with E-state index < -0.39 is 0 Å². The van der Waals surface area contributed by atoms with Crippen molar-refractivity contribution in [3.05, 3.63) is 20.8 Å². The van der Waals surface area contributed by atoms with Gasteiger partial charge in [0, 0.05) is 10.9 Å². The summed E-state index contributed by atoms with van der Waals surface area (Å²) < 4.78 is 1.21. The van der Waals surface area contributed by atoms with E-state index in [-0.39, 0.29) is 0 Å². The summed E-state index contributed by atoms with van der Waals surface area (Å²) in [6.45, 7) is 6.86. The molecular formula is C11H18BrNS. The SMILES string of the molecule is CNC(c1ccc(Br)s1)C(C)C(C)C. The van der Waals surface area contributed by atoms with Crippen LogP contribution in [-0.4, -0.2) is 7.05 Å². The summed E-state index contributed by atoms with van der Waals surface area (Å²) in [5.74, 6) is 1.36. The number of hydrogen-bond donors (Lipinski definition) is 1. The van der Waals surface area contributed by atoms with Gasteiger partial charge < -0.3 is 5.32 Å². The highest BCUT2D eigenvalue weighted by Crippen LogP contribution is 2.33. The Morgan fingerprint density at radius 3 is 2.29 bits per heavy atom. The average molecular weight is 276 g/mol. The highest BCUT2D eigenvalue weighted by molar-refractivity contribution is 9.11. The number of rotatable bonds is 4. The Hall–Kier alpha value is 0.140. The number of halogens is 1. The third-order valence-electron chi connectivity index (χ3n) is 2.79. The molecule has 14 heavy (non-hydrogen) atoms. The molecule has 3 heteroatoms. The maximum atomic E-state index is 3.51. The molecule has 1 nitrogen and oxygen atoms in total. The standard InChI is InChI=1S/C11H18BrNS/c1-7(2)8(3)11(13-4)9-5-6-10(12)14-9/h5-8,11,13H,1-4H3. The van der Waals surface area contributed by atoms with Gasteiger partial charge in [-0.2, -0.15) is 0 Å². The molecule has 1 aromatic rings. The van der Waals surface area contributed by atoms with Crippen LogP contribution >= 0.6 is 27.3 Å². The molecule has 0 saturated carbocycles. The molecule has 1 heterocycles. The van der Waals surface area contributed by atoms with Crippen molar-refractivity contribution in [1.29, 1.82) is 0 Å². The minimum Gasteiger partial charge on any atom is -0.312 e. The van der Waals surface area contributed by atoms with Crippen molar-refractivity contribution < 1.29 is 0 Å². The first-order chi connectivity index (χ1) is 6.56.